The Kier molecular flexibility index (Phi) is 3.72. The molecule has 2 aliphatic heterocycles. The first-order chi connectivity index (χ1) is 9.60. The van der Waals surface area contributed by atoms with Crippen LogP contribution in [0.5, 0.6) is 0 Å². The Morgan fingerprint density at radius 3 is 2.65 bits per heavy atom. The van der Waals surface area contributed by atoms with Gasteiger partial charge in [0.15, 0.2) is 18.7 Å². The van der Waals surface area contributed by atoms with E-state index in [1.54, 1.807) is 12.1 Å². The summed E-state index contributed by atoms with van der Waals surface area (Å²) in [5, 5.41) is 0. The summed E-state index contributed by atoms with van der Waals surface area (Å²) in [4.78, 5) is 0. The van der Waals surface area contributed by atoms with E-state index in [2.05, 4.69) is 0 Å². The largest absolute Gasteiger partial charge is 0.356 e. The summed E-state index contributed by atoms with van der Waals surface area (Å²) < 4.78 is 49.4. The Hall–Kier alpha value is -1.08. The number of rotatable bonds is 2. The van der Waals surface area contributed by atoms with E-state index in [0.717, 1.165) is 5.56 Å². The quantitative estimate of drug-likeness (QED) is 0.837. The van der Waals surface area contributed by atoms with Crippen molar-refractivity contribution >= 4 is 0 Å². The van der Waals surface area contributed by atoms with Crippen LogP contribution in [0.15, 0.2) is 30.3 Å². The first kappa shape index (κ1) is 13.9. The van der Waals surface area contributed by atoms with Gasteiger partial charge in [-0.15, -0.1) is 0 Å². The van der Waals surface area contributed by atoms with E-state index >= 15 is 0 Å². The lowest BCUT2D eigenvalue weighted by Gasteiger charge is -2.45. The Morgan fingerprint density at radius 2 is 1.95 bits per heavy atom. The van der Waals surface area contributed by atoms with Gasteiger partial charge in [-0.1, -0.05) is 30.3 Å². The number of hydrogen-bond donors (Lipinski definition) is 0. The molecular formula is C14H16F2O4. The molecule has 4 atom stereocenters. The van der Waals surface area contributed by atoms with Crippen LogP contribution in [-0.2, 0) is 18.9 Å². The van der Waals surface area contributed by atoms with Gasteiger partial charge in [0.05, 0.1) is 13.0 Å². The summed E-state index contributed by atoms with van der Waals surface area (Å²) in [5.74, 6) is -3.00. The molecule has 0 N–H and O–H groups in total. The van der Waals surface area contributed by atoms with Crippen molar-refractivity contribution in [2.75, 3.05) is 13.7 Å². The van der Waals surface area contributed by atoms with E-state index in [0.29, 0.717) is 0 Å². The molecule has 2 saturated heterocycles. The fourth-order valence-corrected chi connectivity index (χ4v) is 2.52. The Bertz CT molecular complexity index is 454. The van der Waals surface area contributed by atoms with Crippen molar-refractivity contribution in [1.82, 2.24) is 0 Å². The molecule has 2 fully saturated rings. The number of halogens is 2. The van der Waals surface area contributed by atoms with E-state index in [9.17, 15) is 8.78 Å². The van der Waals surface area contributed by atoms with Gasteiger partial charge in [-0.2, -0.15) is 0 Å². The molecule has 1 aromatic rings. The van der Waals surface area contributed by atoms with Crippen LogP contribution in [0.4, 0.5) is 8.78 Å². The molecule has 110 valence electrons. The third kappa shape index (κ3) is 2.56. The van der Waals surface area contributed by atoms with Gasteiger partial charge in [-0.05, 0) is 0 Å². The molecule has 2 aliphatic rings. The molecule has 0 aromatic heterocycles. The van der Waals surface area contributed by atoms with Crippen LogP contribution >= 0.6 is 0 Å². The van der Waals surface area contributed by atoms with Gasteiger partial charge >= 0.3 is 0 Å². The number of ether oxygens (including phenoxy) is 4. The molecule has 0 amide bonds. The molecule has 4 nitrogen and oxygen atoms in total. The van der Waals surface area contributed by atoms with Crippen molar-refractivity contribution in [1.29, 1.82) is 0 Å². The van der Waals surface area contributed by atoms with Crippen LogP contribution in [-0.4, -0.2) is 38.1 Å². The first-order valence-electron chi connectivity index (χ1n) is 6.48. The minimum Gasteiger partial charge on any atom is -0.356 e. The molecule has 0 unspecified atom stereocenters. The van der Waals surface area contributed by atoms with Crippen molar-refractivity contribution < 1.29 is 27.7 Å². The van der Waals surface area contributed by atoms with Gasteiger partial charge in [0.2, 0.25) is 0 Å². The van der Waals surface area contributed by atoms with Crippen LogP contribution in [0.25, 0.3) is 0 Å². The number of hydrogen-bond acceptors (Lipinski definition) is 4. The summed E-state index contributed by atoms with van der Waals surface area (Å²) in [6.45, 7) is 0.0552. The maximum atomic E-state index is 14.1. The third-order valence-electron chi connectivity index (χ3n) is 3.54. The fraction of sp³-hybridized carbons (Fsp3) is 0.571. The van der Waals surface area contributed by atoms with Crippen molar-refractivity contribution in [2.24, 2.45) is 0 Å². The first-order valence-corrected chi connectivity index (χ1v) is 6.48. The third-order valence-corrected chi connectivity index (χ3v) is 3.54. The van der Waals surface area contributed by atoms with E-state index in [4.69, 9.17) is 18.9 Å². The maximum absolute atomic E-state index is 14.1. The normalized spacial score (nSPS) is 36.4. The zero-order valence-corrected chi connectivity index (χ0v) is 11.0. The SMILES string of the molecule is CO[C@@H]1CC(F)(F)[C@@H]2O[C@H](c3ccccc3)OC[C@H]2O1. The minimum absolute atomic E-state index is 0.0552. The highest BCUT2D eigenvalue weighted by Gasteiger charge is 2.55. The monoisotopic (exact) mass is 286 g/mol. The molecule has 0 bridgehead atoms. The minimum atomic E-state index is -3.00. The molecule has 20 heavy (non-hydrogen) atoms. The van der Waals surface area contributed by atoms with Crippen LogP contribution in [0.2, 0.25) is 0 Å². The average Bonchev–Trinajstić information content (AvgIpc) is 2.47. The molecular weight excluding hydrogens is 270 g/mol. The van der Waals surface area contributed by atoms with E-state index < -0.39 is 37.1 Å². The number of methoxy groups -OCH3 is 1. The summed E-state index contributed by atoms with van der Waals surface area (Å²) in [6, 6.07) is 9.03. The Balaban J connectivity index is 1.77. The lowest BCUT2D eigenvalue weighted by molar-refractivity contribution is -0.366. The summed E-state index contributed by atoms with van der Waals surface area (Å²) >= 11 is 0. The van der Waals surface area contributed by atoms with Crippen LogP contribution < -0.4 is 0 Å². The standard InChI is InChI=1S/C14H16F2O4/c1-17-11-7-14(15,16)12-10(19-11)8-18-13(20-12)9-5-3-2-4-6-9/h2-6,10-13H,7-8H2,1H3/t10-,11+,12-,13-/m1/s1. The molecule has 3 rings (SSSR count). The van der Waals surface area contributed by atoms with Gasteiger partial charge in [0.1, 0.15) is 6.10 Å². The van der Waals surface area contributed by atoms with Crippen molar-refractivity contribution in [2.45, 2.75) is 37.1 Å². The summed E-state index contributed by atoms with van der Waals surface area (Å²) in [7, 11) is 1.35. The van der Waals surface area contributed by atoms with Gasteiger partial charge in [-0.25, -0.2) is 8.78 Å². The number of alkyl halides is 2. The molecule has 1 aromatic carbocycles. The Labute approximate surface area is 115 Å². The van der Waals surface area contributed by atoms with E-state index in [1.807, 2.05) is 18.2 Å². The molecule has 6 heteroatoms. The van der Waals surface area contributed by atoms with Gasteiger partial charge in [0, 0.05) is 12.7 Å². The van der Waals surface area contributed by atoms with Crippen LogP contribution in [0.3, 0.4) is 0 Å². The lowest BCUT2D eigenvalue weighted by atomic mass is 9.99. The zero-order valence-electron chi connectivity index (χ0n) is 11.0. The molecule has 0 radical (unpaired) electrons. The van der Waals surface area contributed by atoms with Crippen molar-refractivity contribution in [3.8, 4) is 0 Å². The second-order valence-electron chi connectivity index (χ2n) is 4.94. The van der Waals surface area contributed by atoms with Gasteiger partial charge in [0.25, 0.3) is 5.92 Å². The Morgan fingerprint density at radius 1 is 1.20 bits per heavy atom. The molecule has 2 heterocycles. The maximum Gasteiger partial charge on any atom is 0.281 e. The molecule has 0 saturated carbocycles. The lowest BCUT2D eigenvalue weighted by Crippen LogP contribution is -2.58. The van der Waals surface area contributed by atoms with Gasteiger partial charge < -0.3 is 18.9 Å². The van der Waals surface area contributed by atoms with Crippen molar-refractivity contribution in [3.05, 3.63) is 35.9 Å². The van der Waals surface area contributed by atoms with Crippen LogP contribution in [0.1, 0.15) is 18.3 Å². The second kappa shape index (κ2) is 5.37. The van der Waals surface area contributed by atoms with E-state index in [-0.39, 0.29) is 6.61 Å². The topological polar surface area (TPSA) is 36.9 Å². The predicted octanol–water partition coefficient (Wildman–Crippen LogP) is 2.50. The highest BCUT2D eigenvalue weighted by atomic mass is 19.3. The van der Waals surface area contributed by atoms with E-state index in [1.165, 1.54) is 7.11 Å². The highest BCUT2D eigenvalue weighted by molar-refractivity contribution is 5.16. The summed E-state index contributed by atoms with van der Waals surface area (Å²) in [5.41, 5.74) is 0.718. The zero-order chi connectivity index (χ0) is 14.2. The van der Waals surface area contributed by atoms with Crippen LogP contribution in [0, 0.1) is 0 Å². The average molecular weight is 286 g/mol. The molecule has 0 spiro atoms. The number of fused-ring (bicyclic) bond motifs is 1. The highest BCUT2D eigenvalue weighted by Crippen LogP contribution is 2.41. The van der Waals surface area contributed by atoms with Crippen molar-refractivity contribution in [3.63, 3.8) is 0 Å². The second-order valence-corrected chi connectivity index (χ2v) is 4.94. The fourth-order valence-electron chi connectivity index (χ4n) is 2.52. The molecule has 0 aliphatic carbocycles. The smallest absolute Gasteiger partial charge is 0.281 e. The number of benzene rings is 1. The van der Waals surface area contributed by atoms with Gasteiger partial charge in [-0.3, -0.25) is 0 Å². The predicted molar refractivity (Wildman–Crippen MR) is 65.2 cm³/mol. The summed E-state index contributed by atoms with van der Waals surface area (Å²) in [6.07, 6.45) is -4.35.